The van der Waals surface area contributed by atoms with Gasteiger partial charge >= 0.3 is 0 Å². The predicted molar refractivity (Wildman–Crippen MR) is 88.1 cm³/mol. The predicted octanol–water partition coefficient (Wildman–Crippen LogP) is 2.79. The van der Waals surface area contributed by atoms with E-state index in [-0.39, 0.29) is 15.7 Å². The summed E-state index contributed by atoms with van der Waals surface area (Å²) in [6, 6.07) is 2.62. The SMILES string of the molecule is CN(C)CC1(O)CCN(c2c(Cl)cc([N+](=O)[O-])cc2Cl)CC1. The number of benzene rings is 1. The Morgan fingerprint density at radius 1 is 1.32 bits per heavy atom. The number of anilines is 1. The van der Waals surface area contributed by atoms with E-state index >= 15 is 0 Å². The summed E-state index contributed by atoms with van der Waals surface area (Å²) in [6.45, 7) is 1.80. The van der Waals surface area contributed by atoms with Gasteiger partial charge < -0.3 is 14.9 Å². The molecule has 1 fully saturated rings. The molecule has 0 atom stereocenters. The second-order valence-corrected chi connectivity index (χ2v) is 6.78. The van der Waals surface area contributed by atoms with Crippen LogP contribution in [0.15, 0.2) is 12.1 Å². The molecule has 8 heteroatoms. The molecule has 6 nitrogen and oxygen atoms in total. The quantitative estimate of drug-likeness (QED) is 0.669. The molecule has 0 saturated carbocycles. The Morgan fingerprint density at radius 3 is 2.23 bits per heavy atom. The summed E-state index contributed by atoms with van der Waals surface area (Å²) < 4.78 is 0. The van der Waals surface area contributed by atoms with Gasteiger partial charge in [-0.1, -0.05) is 23.2 Å². The molecule has 122 valence electrons. The summed E-state index contributed by atoms with van der Waals surface area (Å²) in [6.07, 6.45) is 1.18. The average Bonchev–Trinajstić information content (AvgIpc) is 2.39. The standard InChI is InChI=1S/C14H19Cl2N3O3/c1-17(2)9-14(20)3-5-18(6-4-14)13-11(15)7-10(19(21)22)8-12(13)16/h7-8,20H,3-6,9H2,1-2H3. The number of hydrogen-bond acceptors (Lipinski definition) is 5. The Balaban J connectivity index is 2.16. The van der Waals surface area contributed by atoms with Gasteiger partial charge in [-0.05, 0) is 26.9 Å². The number of nitro benzene ring substituents is 1. The van der Waals surface area contributed by atoms with Crippen molar-refractivity contribution in [1.29, 1.82) is 0 Å². The number of non-ortho nitro benzene ring substituents is 1. The largest absolute Gasteiger partial charge is 0.388 e. The maximum atomic E-state index is 10.8. The average molecular weight is 348 g/mol. The number of nitro groups is 1. The van der Waals surface area contributed by atoms with Crippen LogP contribution in [0.1, 0.15) is 12.8 Å². The van der Waals surface area contributed by atoms with Crippen LogP contribution in [0.5, 0.6) is 0 Å². The highest BCUT2D eigenvalue weighted by molar-refractivity contribution is 6.39. The highest BCUT2D eigenvalue weighted by Gasteiger charge is 2.34. The molecule has 1 aliphatic rings. The second-order valence-electron chi connectivity index (χ2n) is 5.96. The molecule has 2 rings (SSSR count). The lowest BCUT2D eigenvalue weighted by Crippen LogP contribution is -2.49. The van der Waals surface area contributed by atoms with Gasteiger partial charge in [0, 0.05) is 31.8 Å². The van der Waals surface area contributed by atoms with Crippen LogP contribution < -0.4 is 4.90 Å². The number of likely N-dealkylation sites (N-methyl/N-ethyl adjacent to an activating group) is 1. The normalized spacial score (nSPS) is 17.8. The van der Waals surface area contributed by atoms with Crippen molar-refractivity contribution in [3.05, 3.63) is 32.3 Å². The second kappa shape index (κ2) is 6.58. The van der Waals surface area contributed by atoms with Gasteiger partial charge in [-0.15, -0.1) is 0 Å². The first-order chi connectivity index (χ1) is 10.2. The van der Waals surface area contributed by atoms with Crippen LogP contribution in [0, 0.1) is 10.1 Å². The first-order valence-electron chi connectivity index (χ1n) is 6.97. The zero-order chi connectivity index (χ0) is 16.5. The molecule has 1 aliphatic heterocycles. The van der Waals surface area contributed by atoms with Crippen LogP contribution in [0.3, 0.4) is 0 Å². The maximum Gasteiger partial charge on any atom is 0.272 e. The van der Waals surface area contributed by atoms with Crippen molar-refractivity contribution in [2.45, 2.75) is 18.4 Å². The molecule has 0 aromatic heterocycles. The van der Waals surface area contributed by atoms with Crippen LogP contribution in [-0.4, -0.2) is 54.3 Å². The summed E-state index contributed by atoms with van der Waals surface area (Å²) in [5.74, 6) is 0. The number of aliphatic hydroxyl groups is 1. The van der Waals surface area contributed by atoms with Crippen molar-refractivity contribution in [1.82, 2.24) is 4.90 Å². The smallest absolute Gasteiger partial charge is 0.272 e. The van der Waals surface area contributed by atoms with Gasteiger partial charge in [-0.3, -0.25) is 10.1 Å². The molecule has 1 N–H and O–H groups in total. The molecule has 0 bridgehead atoms. The van der Waals surface area contributed by atoms with Crippen molar-refractivity contribution < 1.29 is 10.0 Å². The van der Waals surface area contributed by atoms with Crippen LogP contribution in [-0.2, 0) is 0 Å². The summed E-state index contributed by atoms with van der Waals surface area (Å²) >= 11 is 12.3. The molecule has 0 amide bonds. The fraction of sp³-hybridized carbons (Fsp3) is 0.571. The van der Waals surface area contributed by atoms with E-state index in [0.29, 0.717) is 38.2 Å². The Labute approximate surface area is 139 Å². The van der Waals surface area contributed by atoms with Crippen molar-refractivity contribution in [2.24, 2.45) is 0 Å². The molecular formula is C14H19Cl2N3O3. The molecule has 0 unspecified atom stereocenters. The third kappa shape index (κ3) is 3.81. The Morgan fingerprint density at radius 2 is 1.82 bits per heavy atom. The fourth-order valence-electron chi connectivity index (χ4n) is 2.85. The molecule has 0 radical (unpaired) electrons. The highest BCUT2D eigenvalue weighted by atomic mass is 35.5. The third-order valence-electron chi connectivity index (χ3n) is 3.83. The van der Waals surface area contributed by atoms with E-state index < -0.39 is 10.5 Å². The monoisotopic (exact) mass is 347 g/mol. The Bertz CT molecular complexity index is 549. The first kappa shape index (κ1) is 17.3. The van der Waals surface area contributed by atoms with Crippen LogP contribution in [0.25, 0.3) is 0 Å². The van der Waals surface area contributed by atoms with Crippen LogP contribution in [0.2, 0.25) is 10.0 Å². The molecule has 1 saturated heterocycles. The van der Waals surface area contributed by atoms with Crippen LogP contribution in [0.4, 0.5) is 11.4 Å². The third-order valence-corrected chi connectivity index (χ3v) is 4.41. The van der Waals surface area contributed by atoms with Crippen molar-refractivity contribution >= 4 is 34.6 Å². The number of halogens is 2. The maximum absolute atomic E-state index is 10.8. The minimum absolute atomic E-state index is 0.125. The summed E-state index contributed by atoms with van der Waals surface area (Å²) in [5.41, 5.74) is -0.250. The van der Waals surface area contributed by atoms with E-state index in [4.69, 9.17) is 23.2 Å². The topological polar surface area (TPSA) is 69.8 Å². The van der Waals surface area contributed by atoms with E-state index in [9.17, 15) is 15.2 Å². The number of rotatable bonds is 4. The Kier molecular flexibility index (Phi) is 5.17. The zero-order valence-electron chi connectivity index (χ0n) is 12.6. The van der Waals surface area contributed by atoms with E-state index in [2.05, 4.69) is 0 Å². The van der Waals surface area contributed by atoms with Gasteiger partial charge in [0.25, 0.3) is 5.69 Å². The molecule has 0 spiro atoms. The lowest BCUT2D eigenvalue weighted by atomic mass is 9.90. The molecule has 1 aromatic carbocycles. The number of hydrogen-bond donors (Lipinski definition) is 1. The molecule has 1 heterocycles. The fourth-order valence-corrected chi connectivity index (χ4v) is 3.57. The molecule has 0 aliphatic carbocycles. The van der Waals surface area contributed by atoms with Gasteiger partial charge in [-0.25, -0.2) is 0 Å². The van der Waals surface area contributed by atoms with Crippen molar-refractivity contribution in [3.63, 3.8) is 0 Å². The highest BCUT2D eigenvalue weighted by Crippen LogP contribution is 2.39. The lowest BCUT2D eigenvalue weighted by molar-refractivity contribution is -0.384. The number of piperidine rings is 1. The van der Waals surface area contributed by atoms with Gasteiger partial charge in [0.15, 0.2) is 0 Å². The molecule has 22 heavy (non-hydrogen) atoms. The molecule has 1 aromatic rings. The summed E-state index contributed by atoms with van der Waals surface area (Å²) in [7, 11) is 3.85. The zero-order valence-corrected chi connectivity index (χ0v) is 14.1. The van der Waals surface area contributed by atoms with E-state index in [1.807, 2.05) is 23.9 Å². The minimum Gasteiger partial charge on any atom is -0.388 e. The van der Waals surface area contributed by atoms with E-state index in [1.54, 1.807) is 0 Å². The number of nitrogens with zero attached hydrogens (tertiary/aromatic N) is 3. The summed E-state index contributed by atoms with van der Waals surface area (Å²) in [4.78, 5) is 14.2. The van der Waals surface area contributed by atoms with E-state index in [1.165, 1.54) is 12.1 Å². The van der Waals surface area contributed by atoms with Crippen molar-refractivity contribution in [2.75, 3.05) is 38.6 Å². The lowest BCUT2D eigenvalue weighted by Gasteiger charge is -2.41. The molecular weight excluding hydrogens is 329 g/mol. The minimum atomic E-state index is -0.722. The van der Waals surface area contributed by atoms with Crippen LogP contribution >= 0.6 is 23.2 Å². The van der Waals surface area contributed by atoms with Gasteiger partial charge in [0.05, 0.1) is 26.3 Å². The van der Waals surface area contributed by atoms with Gasteiger partial charge in [-0.2, -0.15) is 0 Å². The summed E-state index contributed by atoms with van der Waals surface area (Å²) in [5, 5.41) is 21.9. The Hall–Kier alpha value is -1.08. The van der Waals surface area contributed by atoms with Gasteiger partial charge in [0.2, 0.25) is 0 Å². The van der Waals surface area contributed by atoms with E-state index in [0.717, 1.165) is 0 Å². The van der Waals surface area contributed by atoms with Gasteiger partial charge in [0.1, 0.15) is 0 Å². The van der Waals surface area contributed by atoms with Crippen molar-refractivity contribution in [3.8, 4) is 0 Å². The first-order valence-corrected chi connectivity index (χ1v) is 7.73.